The molecule has 5 nitrogen and oxygen atoms in total. The van der Waals surface area contributed by atoms with Gasteiger partial charge in [0.25, 0.3) is 0 Å². The van der Waals surface area contributed by atoms with E-state index in [0.29, 0.717) is 6.42 Å². The molecule has 17 heavy (non-hydrogen) atoms. The van der Waals surface area contributed by atoms with Crippen LogP contribution in [-0.4, -0.2) is 23.0 Å². The molecule has 2 rings (SSSR count). The van der Waals surface area contributed by atoms with Crippen molar-refractivity contribution in [3.63, 3.8) is 0 Å². The van der Waals surface area contributed by atoms with Gasteiger partial charge in [-0.25, -0.2) is 4.79 Å². The summed E-state index contributed by atoms with van der Waals surface area (Å²) in [4.78, 5) is 21.9. The first-order valence-electron chi connectivity index (χ1n) is 6.09. The molecule has 0 aromatic carbocycles. The minimum atomic E-state index is -0.997. The van der Waals surface area contributed by atoms with Gasteiger partial charge in [0, 0.05) is 6.42 Å². The van der Waals surface area contributed by atoms with E-state index in [2.05, 4.69) is 10.3 Å². The third-order valence-corrected chi connectivity index (χ3v) is 3.12. The molecule has 0 amide bonds. The quantitative estimate of drug-likeness (QED) is 0.548. The molecule has 1 unspecified atom stereocenters. The van der Waals surface area contributed by atoms with E-state index in [0.717, 1.165) is 37.1 Å². The topological polar surface area (TPSA) is 60.2 Å². The predicted molar refractivity (Wildman–Crippen MR) is 63.8 cm³/mol. The minimum Gasteiger partial charge on any atom is -0.377 e. The maximum absolute atomic E-state index is 11.8. The van der Waals surface area contributed by atoms with Gasteiger partial charge in [0.2, 0.25) is 5.60 Å². The number of hydrogen-bond donors (Lipinski definition) is 0. The Hall–Kier alpha value is -1.39. The van der Waals surface area contributed by atoms with E-state index in [-0.39, 0.29) is 0 Å². The number of oxime groups is 2. The molecule has 94 valence electrons. The smallest absolute Gasteiger partial charge is 0.377 e. The molecule has 1 heterocycles. The predicted octanol–water partition coefficient (Wildman–Crippen LogP) is 2.40. The first kappa shape index (κ1) is 12.1. The summed E-state index contributed by atoms with van der Waals surface area (Å²) in [6.45, 7) is 3.50. The molecular weight excluding hydrogens is 220 g/mol. The van der Waals surface area contributed by atoms with E-state index in [4.69, 9.17) is 9.68 Å². The van der Waals surface area contributed by atoms with Crippen molar-refractivity contribution in [3.05, 3.63) is 0 Å². The Balaban J connectivity index is 1.89. The molecule has 1 saturated carbocycles. The lowest BCUT2D eigenvalue weighted by molar-refractivity contribution is -0.167. The molecule has 5 heteroatoms. The summed E-state index contributed by atoms with van der Waals surface area (Å²) in [5.41, 5.74) is 0.779. The van der Waals surface area contributed by atoms with Gasteiger partial charge in [-0.2, -0.15) is 0 Å². The van der Waals surface area contributed by atoms with Crippen molar-refractivity contribution in [3.8, 4) is 0 Å². The number of hydrogen-bond acceptors (Lipinski definition) is 5. The highest BCUT2D eigenvalue weighted by Crippen LogP contribution is 2.25. The van der Waals surface area contributed by atoms with E-state index in [9.17, 15) is 4.79 Å². The number of nitrogens with zero attached hydrogens (tertiary/aromatic N) is 2. The SMILES string of the molecule is CC1=NOC(C)(C(=O)ON=C2CCCCC2)C1. The van der Waals surface area contributed by atoms with Crippen molar-refractivity contribution in [2.75, 3.05) is 0 Å². The highest BCUT2D eigenvalue weighted by Gasteiger charge is 2.43. The summed E-state index contributed by atoms with van der Waals surface area (Å²) in [6, 6.07) is 0. The Morgan fingerprint density at radius 1 is 1.41 bits per heavy atom. The molecule has 2 aliphatic rings. The summed E-state index contributed by atoms with van der Waals surface area (Å²) in [7, 11) is 0. The van der Waals surface area contributed by atoms with Crippen molar-refractivity contribution >= 4 is 17.4 Å². The number of rotatable bonds is 2. The Morgan fingerprint density at radius 2 is 2.12 bits per heavy atom. The van der Waals surface area contributed by atoms with Gasteiger partial charge in [-0.05, 0) is 39.5 Å². The molecule has 0 aromatic heterocycles. The summed E-state index contributed by atoms with van der Waals surface area (Å²) in [6.07, 6.45) is 5.83. The Kier molecular flexibility index (Phi) is 3.45. The van der Waals surface area contributed by atoms with Gasteiger partial charge in [-0.15, -0.1) is 0 Å². The number of carbonyl (C=O) groups excluding carboxylic acids is 1. The van der Waals surface area contributed by atoms with Crippen molar-refractivity contribution < 1.29 is 14.5 Å². The van der Waals surface area contributed by atoms with E-state index in [1.54, 1.807) is 6.92 Å². The Morgan fingerprint density at radius 3 is 2.71 bits per heavy atom. The maximum Gasteiger partial charge on any atom is 0.381 e. The summed E-state index contributed by atoms with van der Waals surface area (Å²) in [5.74, 6) is -0.462. The average Bonchev–Trinajstić information content (AvgIpc) is 2.69. The fraction of sp³-hybridized carbons (Fsp3) is 0.750. The van der Waals surface area contributed by atoms with Crippen LogP contribution in [0.1, 0.15) is 52.4 Å². The highest BCUT2D eigenvalue weighted by molar-refractivity contribution is 5.92. The molecule has 0 bridgehead atoms. The van der Waals surface area contributed by atoms with Gasteiger partial charge in [0.1, 0.15) is 0 Å². The number of carbonyl (C=O) groups is 1. The van der Waals surface area contributed by atoms with Gasteiger partial charge < -0.3 is 9.68 Å². The molecule has 1 aliphatic heterocycles. The van der Waals surface area contributed by atoms with Crippen LogP contribution in [0, 0.1) is 0 Å². The van der Waals surface area contributed by atoms with Gasteiger partial charge >= 0.3 is 5.97 Å². The zero-order chi connectivity index (χ0) is 12.3. The third kappa shape index (κ3) is 2.84. The normalized spacial score (nSPS) is 28.4. The maximum atomic E-state index is 11.8. The second-order valence-corrected chi connectivity index (χ2v) is 4.92. The first-order valence-corrected chi connectivity index (χ1v) is 6.09. The molecule has 0 N–H and O–H groups in total. The van der Waals surface area contributed by atoms with E-state index >= 15 is 0 Å². The summed E-state index contributed by atoms with van der Waals surface area (Å²) >= 11 is 0. The van der Waals surface area contributed by atoms with Crippen LogP contribution in [0.5, 0.6) is 0 Å². The molecule has 0 aromatic rings. The molecule has 1 aliphatic carbocycles. The lowest BCUT2D eigenvalue weighted by Gasteiger charge is -2.17. The largest absolute Gasteiger partial charge is 0.381 e. The zero-order valence-corrected chi connectivity index (χ0v) is 10.4. The second-order valence-electron chi connectivity index (χ2n) is 4.92. The van der Waals surface area contributed by atoms with Crippen molar-refractivity contribution in [2.45, 2.75) is 58.0 Å². The van der Waals surface area contributed by atoms with Crippen molar-refractivity contribution in [1.82, 2.24) is 0 Å². The second kappa shape index (κ2) is 4.85. The lowest BCUT2D eigenvalue weighted by atomic mass is 9.99. The standard InChI is InChI=1S/C12H18N2O3/c1-9-8-12(2,17-13-9)11(15)16-14-10-6-4-3-5-7-10/h3-8H2,1-2H3. The highest BCUT2D eigenvalue weighted by atomic mass is 16.7. The van der Waals surface area contributed by atoms with Gasteiger partial charge in [0.05, 0.1) is 11.4 Å². The summed E-state index contributed by atoms with van der Waals surface area (Å²) < 4.78 is 0. The third-order valence-electron chi connectivity index (χ3n) is 3.12. The minimum absolute atomic E-state index is 0.462. The Bertz CT molecular complexity index is 368. The van der Waals surface area contributed by atoms with Crippen LogP contribution in [0.25, 0.3) is 0 Å². The van der Waals surface area contributed by atoms with E-state index < -0.39 is 11.6 Å². The molecule has 0 spiro atoms. The van der Waals surface area contributed by atoms with Crippen molar-refractivity contribution in [2.24, 2.45) is 10.3 Å². The average molecular weight is 238 g/mol. The Labute approximate surface area is 101 Å². The van der Waals surface area contributed by atoms with Gasteiger partial charge in [-0.1, -0.05) is 16.7 Å². The molecule has 0 radical (unpaired) electrons. The van der Waals surface area contributed by atoms with Crippen molar-refractivity contribution in [1.29, 1.82) is 0 Å². The van der Waals surface area contributed by atoms with Crippen LogP contribution in [0.4, 0.5) is 0 Å². The monoisotopic (exact) mass is 238 g/mol. The van der Waals surface area contributed by atoms with E-state index in [1.807, 2.05) is 6.92 Å². The lowest BCUT2D eigenvalue weighted by Crippen LogP contribution is -2.36. The van der Waals surface area contributed by atoms with Crippen LogP contribution < -0.4 is 0 Å². The summed E-state index contributed by atoms with van der Waals surface area (Å²) in [5, 5.41) is 7.71. The molecule has 0 saturated heterocycles. The van der Waals surface area contributed by atoms with Crippen LogP contribution >= 0.6 is 0 Å². The van der Waals surface area contributed by atoms with Crippen LogP contribution in [0.15, 0.2) is 10.3 Å². The van der Waals surface area contributed by atoms with Crippen LogP contribution in [0.2, 0.25) is 0 Å². The van der Waals surface area contributed by atoms with E-state index in [1.165, 1.54) is 6.42 Å². The fourth-order valence-electron chi connectivity index (χ4n) is 2.09. The van der Waals surface area contributed by atoms with Gasteiger partial charge in [-0.3, -0.25) is 0 Å². The molecule has 1 atom stereocenters. The zero-order valence-electron chi connectivity index (χ0n) is 10.4. The van der Waals surface area contributed by atoms with Crippen LogP contribution in [0.3, 0.4) is 0 Å². The van der Waals surface area contributed by atoms with Crippen LogP contribution in [-0.2, 0) is 14.5 Å². The first-order chi connectivity index (χ1) is 8.10. The molecular formula is C12H18N2O3. The fourth-order valence-corrected chi connectivity index (χ4v) is 2.09. The molecule has 1 fully saturated rings. The van der Waals surface area contributed by atoms with Gasteiger partial charge in [0.15, 0.2) is 0 Å².